The number of hydrogen-bond acceptors (Lipinski definition) is 5. The molecular formula is C21H44NO6P. The van der Waals surface area contributed by atoms with Crippen molar-refractivity contribution < 1.29 is 28.4 Å². The second-order valence-corrected chi connectivity index (χ2v) is 9.30. The van der Waals surface area contributed by atoms with Crippen molar-refractivity contribution in [1.29, 1.82) is 0 Å². The first-order chi connectivity index (χ1) is 13.9. The summed E-state index contributed by atoms with van der Waals surface area (Å²) in [5.41, 5.74) is 5.21. The minimum Gasteiger partial charge on any atom is -0.480 e. The summed E-state index contributed by atoms with van der Waals surface area (Å²) in [7, 11) is -4.22. The van der Waals surface area contributed by atoms with Crippen LogP contribution in [0.2, 0.25) is 0 Å². The third-order valence-electron chi connectivity index (χ3n) is 4.99. The fraction of sp³-hybridized carbons (Fsp3) is 0.952. The van der Waals surface area contributed by atoms with Crippen LogP contribution in [0, 0.1) is 0 Å². The van der Waals surface area contributed by atoms with E-state index in [-0.39, 0.29) is 6.61 Å². The highest BCUT2D eigenvalue weighted by Crippen LogP contribution is 2.43. The maximum atomic E-state index is 11.6. The average Bonchev–Trinajstić information content (AvgIpc) is 2.68. The molecule has 1 unspecified atom stereocenters. The lowest BCUT2D eigenvalue weighted by Crippen LogP contribution is -2.34. The topological polar surface area (TPSA) is 119 Å². The van der Waals surface area contributed by atoms with Crippen molar-refractivity contribution in [2.75, 3.05) is 13.2 Å². The summed E-state index contributed by atoms with van der Waals surface area (Å²) in [5.74, 6) is -1.29. The fourth-order valence-corrected chi connectivity index (χ4v) is 3.90. The zero-order valence-corrected chi connectivity index (χ0v) is 19.3. The van der Waals surface area contributed by atoms with E-state index in [0.717, 1.165) is 12.8 Å². The summed E-state index contributed by atoms with van der Waals surface area (Å²) < 4.78 is 20.9. The molecular weight excluding hydrogens is 393 g/mol. The van der Waals surface area contributed by atoms with Crippen LogP contribution in [0.1, 0.15) is 110 Å². The van der Waals surface area contributed by atoms with Crippen LogP contribution in [0.5, 0.6) is 0 Å². The van der Waals surface area contributed by atoms with Crippen molar-refractivity contribution in [3.63, 3.8) is 0 Å². The van der Waals surface area contributed by atoms with E-state index in [1.54, 1.807) is 0 Å². The molecule has 0 aliphatic carbocycles. The quantitative estimate of drug-likeness (QED) is 0.145. The van der Waals surface area contributed by atoms with Gasteiger partial charge in [-0.25, -0.2) is 4.57 Å². The van der Waals surface area contributed by atoms with Crippen molar-refractivity contribution in [2.45, 2.75) is 116 Å². The van der Waals surface area contributed by atoms with Gasteiger partial charge in [0, 0.05) is 0 Å². The van der Waals surface area contributed by atoms with E-state index in [9.17, 15) is 14.3 Å². The third-order valence-corrected chi connectivity index (χ3v) is 5.97. The van der Waals surface area contributed by atoms with E-state index in [1.165, 1.54) is 83.5 Å². The van der Waals surface area contributed by atoms with Crippen molar-refractivity contribution >= 4 is 13.8 Å². The number of aliphatic carboxylic acids is 1. The second-order valence-electron chi connectivity index (χ2n) is 7.85. The summed E-state index contributed by atoms with van der Waals surface area (Å²) in [6.07, 6.45) is 20.1. The van der Waals surface area contributed by atoms with Crippen molar-refractivity contribution in [3.8, 4) is 0 Å². The Balaban J connectivity index is 3.31. The number of carboxylic acid groups (broad SMARTS) is 1. The number of rotatable bonds is 22. The molecule has 0 saturated heterocycles. The van der Waals surface area contributed by atoms with E-state index in [0.29, 0.717) is 6.42 Å². The first-order valence-corrected chi connectivity index (χ1v) is 13.0. The molecule has 29 heavy (non-hydrogen) atoms. The zero-order valence-electron chi connectivity index (χ0n) is 18.4. The summed E-state index contributed by atoms with van der Waals surface area (Å²) >= 11 is 0. The minimum absolute atomic E-state index is 0.120. The Labute approximate surface area is 177 Å². The SMILES string of the molecule is CCCCCCCCCCCCCCCCCCOP(=O)(O)OC[C@H](N)C(=O)O. The summed E-state index contributed by atoms with van der Waals surface area (Å²) in [5, 5.41) is 8.59. The van der Waals surface area contributed by atoms with Gasteiger partial charge >= 0.3 is 13.8 Å². The van der Waals surface area contributed by atoms with Gasteiger partial charge in [-0.1, -0.05) is 103 Å². The highest BCUT2D eigenvalue weighted by atomic mass is 31.2. The lowest BCUT2D eigenvalue weighted by Gasteiger charge is -2.13. The minimum atomic E-state index is -4.22. The molecule has 0 saturated carbocycles. The lowest BCUT2D eigenvalue weighted by atomic mass is 10.0. The van der Waals surface area contributed by atoms with E-state index in [4.69, 9.17) is 15.4 Å². The Bertz CT molecular complexity index is 435. The van der Waals surface area contributed by atoms with Crippen molar-refractivity contribution in [3.05, 3.63) is 0 Å². The van der Waals surface area contributed by atoms with E-state index in [1.807, 2.05) is 0 Å². The van der Waals surface area contributed by atoms with Crippen LogP contribution >= 0.6 is 7.82 Å². The summed E-state index contributed by atoms with van der Waals surface area (Å²) in [6.45, 7) is 1.82. The highest BCUT2D eigenvalue weighted by molar-refractivity contribution is 7.47. The summed E-state index contributed by atoms with van der Waals surface area (Å²) in [6, 6.07) is -1.34. The maximum Gasteiger partial charge on any atom is 0.472 e. The first-order valence-electron chi connectivity index (χ1n) is 11.5. The number of phosphoric acid groups is 1. The zero-order chi connectivity index (χ0) is 21.8. The Kier molecular flexibility index (Phi) is 19.2. The van der Waals surface area contributed by atoms with Crippen LogP contribution in [0.25, 0.3) is 0 Å². The van der Waals surface area contributed by atoms with Gasteiger partial charge in [-0.05, 0) is 6.42 Å². The van der Waals surface area contributed by atoms with Gasteiger partial charge in [0.25, 0.3) is 0 Å². The van der Waals surface area contributed by atoms with Crippen LogP contribution in [0.15, 0.2) is 0 Å². The Hall–Kier alpha value is -0.460. The molecule has 2 atom stereocenters. The number of unbranched alkanes of at least 4 members (excludes halogenated alkanes) is 15. The highest BCUT2D eigenvalue weighted by Gasteiger charge is 2.24. The molecule has 0 bridgehead atoms. The molecule has 0 aliphatic heterocycles. The van der Waals surface area contributed by atoms with Crippen LogP contribution in [-0.2, 0) is 18.4 Å². The van der Waals surface area contributed by atoms with E-state index in [2.05, 4.69) is 11.4 Å². The number of carbonyl (C=O) groups is 1. The molecule has 0 aromatic rings. The lowest BCUT2D eigenvalue weighted by molar-refractivity contribution is -0.139. The molecule has 0 heterocycles. The molecule has 0 spiro atoms. The molecule has 0 rings (SSSR count). The summed E-state index contributed by atoms with van der Waals surface area (Å²) in [4.78, 5) is 20.0. The van der Waals surface area contributed by atoms with Gasteiger partial charge in [-0.15, -0.1) is 0 Å². The second kappa shape index (κ2) is 19.5. The van der Waals surface area contributed by atoms with Gasteiger partial charge in [0.1, 0.15) is 6.04 Å². The Morgan fingerprint density at radius 1 is 0.793 bits per heavy atom. The van der Waals surface area contributed by atoms with Gasteiger partial charge in [0.2, 0.25) is 0 Å². The van der Waals surface area contributed by atoms with Gasteiger partial charge < -0.3 is 15.7 Å². The predicted octanol–water partition coefficient (Wildman–Crippen LogP) is 5.79. The largest absolute Gasteiger partial charge is 0.480 e. The molecule has 4 N–H and O–H groups in total. The third kappa shape index (κ3) is 20.6. The molecule has 0 aliphatic rings. The van der Waals surface area contributed by atoms with Crippen LogP contribution in [0.4, 0.5) is 0 Å². The smallest absolute Gasteiger partial charge is 0.472 e. The molecule has 0 aromatic carbocycles. The van der Waals surface area contributed by atoms with Crippen LogP contribution < -0.4 is 5.73 Å². The van der Waals surface area contributed by atoms with E-state index < -0.39 is 26.4 Å². The van der Waals surface area contributed by atoms with Crippen LogP contribution in [-0.4, -0.2) is 35.2 Å². The standard InChI is InChI=1S/C21H44NO6P/c1-2-3-4-5-6-7-8-9-10-11-12-13-14-15-16-17-18-27-29(25,26)28-19-20(22)21(23)24/h20H,2-19,22H2,1H3,(H,23,24)(H,25,26)/t20-/m0/s1. The monoisotopic (exact) mass is 437 g/mol. The van der Waals surface area contributed by atoms with Gasteiger partial charge in [0.15, 0.2) is 0 Å². The molecule has 0 aromatic heterocycles. The maximum absolute atomic E-state index is 11.6. The Morgan fingerprint density at radius 2 is 1.17 bits per heavy atom. The molecule has 0 amide bonds. The number of nitrogens with two attached hydrogens (primary N) is 1. The van der Waals surface area contributed by atoms with Crippen LogP contribution in [0.3, 0.4) is 0 Å². The molecule has 0 fully saturated rings. The number of hydrogen-bond donors (Lipinski definition) is 3. The molecule has 7 nitrogen and oxygen atoms in total. The first kappa shape index (κ1) is 28.5. The van der Waals surface area contributed by atoms with Gasteiger partial charge in [0.05, 0.1) is 13.2 Å². The molecule has 8 heteroatoms. The molecule has 174 valence electrons. The van der Waals surface area contributed by atoms with Gasteiger partial charge in [-0.3, -0.25) is 13.8 Å². The predicted molar refractivity (Wildman–Crippen MR) is 117 cm³/mol. The normalized spacial score (nSPS) is 14.6. The Morgan fingerprint density at radius 3 is 1.55 bits per heavy atom. The fourth-order valence-electron chi connectivity index (χ4n) is 3.11. The van der Waals surface area contributed by atoms with Crippen molar-refractivity contribution in [1.82, 2.24) is 0 Å². The van der Waals surface area contributed by atoms with E-state index >= 15 is 0 Å². The van der Waals surface area contributed by atoms with Crippen molar-refractivity contribution in [2.24, 2.45) is 5.73 Å². The number of carboxylic acids is 1. The average molecular weight is 438 g/mol. The molecule has 0 radical (unpaired) electrons. The number of phosphoric ester groups is 1. The van der Waals surface area contributed by atoms with Gasteiger partial charge in [-0.2, -0.15) is 0 Å².